The number of aliphatic hydroxyl groups excluding tert-OH is 3. The highest BCUT2D eigenvalue weighted by molar-refractivity contribution is 5.82. The maximum absolute atomic E-state index is 12.1. The molecule has 0 amide bonds. The van der Waals surface area contributed by atoms with Crippen molar-refractivity contribution < 1.29 is 44.2 Å². The van der Waals surface area contributed by atoms with E-state index in [1.54, 1.807) is 6.92 Å². The maximum Gasteiger partial charge on any atom is 0.330 e. The number of esters is 1. The molecule has 0 aromatic heterocycles. The molecule has 0 saturated carbocycles. The fourth-order valence-electron chi connectivity index (χ4n) is 4.80. The van der Waals surface area contributed by atoms with Crippen molar-refractivity contribution in [2.24, 2.45) is 11.8 Å². The molecule has 0 aromatic carbocycles. The molecule has 0 radical (unpaired) electrons. The number of carboxylic acid groups (broad SMARTS) is 1. The van der Waals surface area contributed by atoms with Crippen molar-refractivity contribution in [2.45, 2.75) is 115 Å². The minimum absolute atomic E-state index is 0.0160. The fourth-order valence-corrected chi connectivity index (χ4v) is 4.80. The number of ether oxygens (including phenoxy) is 3. The van der Waals surface area contributed by atoms with Crippen LogP contribution in [0.15, 0.2) is 11.6 Å². The third-order valence-electron chi connectivity index (χ3n) is 7.24. The van der Waals surface area contributed by atoms with E-state index in [-0.39, 0.29) is 37.1 Å². The standard InChI is InChI=1S/C26H44O9/c1-16(13-23(29)33-11-9-7-5-4-6-8-10-22(27)28)12-20-26(32)25(31)19(15-34-20)14-21-24(30)17(2)18(3)35-21/h13,17-21,24-26,30-32H,4-12,14-15H2,1-3H3,(H,27,28)/b16-13+/t17?,18?,19-,20-,21?,24?,25+,26-/m0/s1. The van der Waals surface area contributed by atoms with Gasteiger partial charge in [-0.05, 0) is 39.5 Å². The zero-order chi connectivity index (χ0) is 26.0. The number of hydrogen-bond donors (Lipinski definition) is 4. The van der Waals surface area contributed by atoms with Gasteiger partial charge in [-0.3, -0.25) is 4.79 Å². The number of unbranched alkanes of at least 4 members (excludes halogenated alkanes) is 5. The molecular weight excluding hydrogens is 456 g/mol. The van der Waals surface area contributed by atoms with Crippen LogP contribution >= 0.6 is 0 Å². The number of aliphatic carboxylic acids is 1. The average molecular weight is 501 g/mol. The van der Waals surface area contributed by atoms with Crippen LogP contribution in [0.1, 0.15) is 78.6 Å². The molecule has 0 spiro atoms. The third-order valence-corrected chi connectivity index (χ3v) is 7.24. The Bertz CT molecular complexity index is 694. The topological polar surface area (TPSA) is 143 Å². The van der Waals surface area contributed by atoms with Gasteiger partial charge in [-0.1, -0.05) is 38.2 Å². The van der Waals surface area contributed by atoms with Gasteiger partial charge in [0.1, 0.15) is 6.10 Å². The van der Waals surface area contributed by atoms with Gasteiger partial charge >= 0.3 is 11.9 Å². The molecule has 2 aliphatic rings. The largest absolute Gasteiger partial charge is 0.481 e. The summed E-state index contributed by atoms with van der Waals surface area (Å²) in [6, 6.07) is 0. The second-order valence-corrected chi connectivity index (χ2v) is 10.2. The van der Waals surface area contributed by atoms with Gasteiger partial charge in [0.2, 0.25) is 0 Å². The van der Waals surface area contributed by atoms with Gasteiger partial charge in [0, 0.05) is 24.3 Å². The molecule has 8 atom stereocenters. The molecule has 4 N–H and O–H groups in total. The molecule has 4 unspecified atom stereocenters. The second kappa shape index (κ2) is 14.9. The van der Waals surface area contributed by atoms with Crippen molar-refractivity contribution in [1.82, 2.24) is 0 Å². The Labute approximate surface area is 208 Å². The molecule has 2 saturated heterocycles. The molecular formula is C26H44O9. The molecule has 202 valence electrons. The van der Waals surface area contributed by atoms with E-state index in [2.05, 4.69) is 0 Å². The highest BCUT2D eigenvalue weighted by atomic mass is 16.5. The Hall–Kier alpha value is -1.52. The highest BCUT2D eigenvalue weighted by Crippen LogP contribution is 2.34. The van der Waals surface area contributed by atoms with Crippen LogP contribution in [-0.4, -0.2) is 82.2 Å². The zero-order valence-corrected chi connectivity index (χ0v) is 21.3. The first kappa shape index (κ1) is 29.7. The van der Waals surface area contributed by atoms with Crippen molar-refractivity contribution in [2.75, 3.05) is 13.2 Å². The van der Waals surface area contributed by atoms with Gasteiger partial charge < -0.3 is 34.6 Å². The molecule has 9 heteroatoms. The first-order valence-corrected chi connectivity index (χ1v) is 13.0. The summed E-state index contributed by atoms with van der Waals surface area (Å²) < 4.78 is 16.9. The van der Waals surface area contributed by atoms with E-state index in [1.165, 1.54) is 6.08 Å². The SMILES string of the molecule is C/C(=C\C(=O)OCCCCCCCCC(=O)O)C[C@@H]1OC[C@H](CC2OC(C)C(C)C2O)[C@@H](O)[C@H]1O. The molecule has 0 bridgehead atoms. The van der Waals surface area contributed by atoms with E-state index in [1.807, 2.05) is 13.8 Å². The lowest BCUT2D eigenvalue weighted by molar-refractivity contribution is -0.171. The Morgan fingerprint density at radius 3 is 2.23 bits per heavy atom. The van der Waals surface area contributed by atoms with Gasteiger partial charge in [-0.2, -0.15) is 0 Å². The summed E-state index contributed by atoms with van der Waals surface area (Å²) in [6.07, 6.45) is 3.76. The summed E-state index contributed by atoms with van der Waals surface area (Å²) in [6.45, 7) is 6.18. The zero-order valence-electron chi connectivity index (χ0n) is 21.3. The molecule has 2 aliphatic heterocycles. The summed E-state index contributed by atoms with van der Waals surface area (Å²) >= 11 is 0. The Morgan fingerprint density at radius 1 is 0.943 bits per heavy atom. The van der Waals surface area contributed by atoms with Crippen LogP contribution in [0.25, 0.3) is 0 Å². The predicted octanol–water partition coefficient (Wildman–Crippen LogP) is 2.59. The monoisotopic (exact) mass is 500 g/mol. The average Bonchev–Trinajstić information content (AvgIpc) is 3.03. The summed E-state index contributed by atoms with van der Waals surface area (Å²) in [5, 5.41) is 40.2. The number of carboxylic acids is 1. The number of hydrogen-bond acceptors (Lipinski definition) is 8. The number of rotatable bonds is 14. The van der Waals surface area contributed by atoms with Crippen LogP contribution in [-0.2, 0) is 23.8 Å². The maximum atomic E-state index is 12.1. The highest BCUT2D eigenvalue weighted by Gasteiger charge is 2.44. The first-order chi connectivity index (χ1) is 16.6. The predicted molar refractivity (Wildman–Crippen MR) is 129 cm³/mol. The van der Waals surface area contributed by atoms with Crippen molar-refractivity contribution in [3.8, 4) is 0 Å². The lowest BCUT2D eigenvalue weighted by Crippen LogP contribution is -2.51. The summed E-state index contributed by atoms with van der Waals surface area (Å²) in [5.41, 5.74) is 0.695. The molecule has 0 aromatic rings. The van der Waals surface area contributed by atoms with Crippen molar-refractivity contribution in [3.05, 3.63) is 11.6 Å². The van der Waals surface area contributed by atoms with Crippen LogP contribution in [0, 0.1) is 11.8 Å². The first-order valence-electron chi connectivity index (χ1n) is 13.0. The van der Waals surface area contributed by atoms with E-state index in [0.717, 1.165) is 32.1 Å². The molecule has 2 rings (SSSR count). The van der Waals surface area contributed by atoms with Gasteiger partial charge in [0.25, 0.3) is 0 Å². The Balaban J connectivity index is 1.65. The van der Waals surface area contributed by atoms with E-state index in [0.29, 0.717) is 31.4 Å². The molecule has 2 fully saturated rings. The lowest BCUT2D eigenvalue weighted by Gasteiger charge is -2.39. The van der Waals surface area contributed by atoms with Crippen LogP contribution in [0.4, 0.5) is 0 Å². The van der Waals surface area contributed by atoms with Crippen LogP contribution in [0.5, 0.6) is 0 Å². The van der Waals surface area contributed by atoms with E-state index in [9.17, 15) is 24.9 Å². The van der Waals surface area contributed by atoms with Crippen LogP contribution in [0.3, 0.4) is 0 Å². The summed E-state index contributed by atoms with van der Waals surface area (Å²) in [7, 11) is 0. The van der Waals surface area contributed by atoms with Gasteiger partial charge in [0.15, 0.2) is 0 Å². The summed E-state index contributed by atoms with van der Waals surface area (Å²) in [5.74, 6) is -1.53. The molecule has 2 heterocycles. The fraction of sp³-hybridized carbons (Fsp3) is 0.846. The second-order valence-electron chi connectivity index (χ2n) is 10.2. The van der Waals surface area contributed by atoms with Crippen molar-refractivity contribution in [3.63, 3.8) is 0 Å². The van der Waals surface area contributed by atoms with Crippen molar-refractivity contribution in [1.29, 1.82) is 0 Å². The third kappa shape index (κ3) is 9.80. The quantitative estimate of drug-likeness (QED) is 0.161. The smallest absolute Gasteiger partial charge is 0.330 e. The Kier molecular flexibility index (Phi) is 12.6. The number of carbonyl (C=O) groups is 2. The van der Waals surface area contributed by atoms with E-state index < -0.39 is 36.4 Å². The normalized spacial score (nSPS) is 33.6. The van der Waals surface area contributed by atoms with Crippen LogP contribution in [0.2, 0.25) is 0 Å². The van der Waals surface area contributed by atoms with E-state index in [4.69, 9.17) is 19.3 Å². The molecule has 9 nitrogen and oxygen atoms in total. The minimum Gasteiger partial charge on any atom is -0.481 e. The van der Waals surface area contributed by atoms with Gasteiger partial charge in [-0.25, -0.2) is 4.79 Å². The minimum atomic E-state index is -1.10. The Morgan fingerprint density at radius 2 is 1.60 bits per heavy atom. The molecule has 35 heavy (non-hydrogen) atoms. The number of aliphatic hydroxyl groups is 3. The molecule has 0 aliphatic carbocycles. The number of carbonyl (C=O) groups excluding carboxylic acids is 1. The van der Waals surface area contributed by atoms with Gasteiger partial charge in [-0.15, -0.1) is 0 Å². The van der Waals surface area contributed by atoms with E-state index >= 15 is 0 Å². The summed E-state index contributed by atoms with van der Waals surface area (Å²) in [4.78, 5) is 22.5. The van der Waals surface area contributed by atoms with Crippen molar-refractivity contribution >= 4 is 11.9 Å². The lowest BCUT2D eigenvalue weighted by atomic mass is 9.84. The van der Waals surface area contributed by atoms with Gasteiger partial charge in [0.05, 0.1) is 43.7 Å². The van der Waals surface area contributed by atoms with Crippen LogP contribution < -0.4 is 0 Å².